The van der Waals surface area contributed by atoms with Crippen LogP contribution in [0.4, 0.5) is 0 Å². The third kappa shape index (κ3) is 18.0. The molecular weight excluding hydrogens is 335 g/mol. The van der Waals surface area contributed by atoms with E-state index < -0.39 is 0 Å². The summed E-state index contributed by atoms with van der Waals surface area (Å²) in [4.78, 5) is 0. The molecule has 0 atom stereocenters. The Morgan fingerprint density at radius 3 is 1.20 bits per heavy atom. The van der Waals surface area contributed by atoms with Crippen LogP contribution < -0.4 is 0 Å². The van der Waals surface area contributed by atoms with Gasteiger partial charge >= 0.3 is 131 Å². The molecule has 0 spiro atoms. The summed E-state index contributed by atoms with van der Waals surface area (Å²) in [6, 6.07) is 0. The fraction of sp³-hybridized carbons (Fsp3) is 0. The molecule has 0 radical (unpaired) electrons. The Kier molecular flexibility index (Phi) is 112. The molecule has 0 aromatic rings. The van der Waals surface area contributed by atoms with Gasteiger partial charge in [-0.05, 0) is 0 Å². The second-order valence-electron chi connectivity index (χ2n) is 0. The van der Waals surface area contributed by atoms with Gasteiger partial charge in [0, 0.05) is 0 Å². The van der Waals surface area contributed by atoms with Crippen molar-refractivity contribution < 1.29 is 23.7 Å². The van der Waals surface area contributed by atoms with Crippen molar-refractivity contribution in [2.45, 2.75) is 0 Å². The summed E-state index contributed by atoms with van der Waals surface area (Å²) in [5, 5.41) is 0. The van der Waals surface area contributed by atoms with Crippen LogP contribution in [0.1, 0.15) is 0 Å². The van der Waals surface area contributed by atoms with Crippen LogP contribution in [0.3, 0.4) is 0 Å². The maximum atomic E-state index is 8.25. The average molecular weight is 340 g/mol. The van der Waals surface area contributed by atoms with Crippen LogP contribution in [-0.4, -0.2) is 107 Å². The molecule has 0 rings (SSSR count). The van der Waals surface area contributed by atoms with Gasteiger partial charge in [0.25, 0.3) is 0 Å². The zero-order valence-electron chi connectivity index (χ0n) is 1.62. The molecule has 0 aliphatic carbocycles. The van der Waals surface area contributed by atoms with Gasteiger partial charge in [-0.15, -0.1) is 0 Å². The predicted octanol–water partition coefficient (Wildman–Crippen LogP) is -2.60. The van der Waals surface area contributed by atoms with Gasteiger partial charge in [-0.1, -0.05) is 0 Å². The van der Waals surface area contributed by atoms with Gasteiger partial charge in [0.1, 0.15) is 0 Å². The van der Waals surface area contributed by atoms with Crippen molar-refractivity contribution in [1.29, 1.82) is 0 Å². The predicted molar refractivity (Wildman–Crippen MR) is 24.9 cm³/mol. The van der Waals surface area contributed by atoms with Crippen LogP contribution >= 0.6 is 0 Å². The molecule has 0 aliphatic rings. The van der Waals surface area contributed by atoms with Crippen LogP contribution in [0.2, 0.25) is 0 Å². The molecule has 22 valence electrons. The van der Waals surface area contributed by atoms with Crippen LogP contribution in [0.15, 0.2) is 0 Å². The summed E-state index contributed by atoms with van der Waals surface area (Å²) < 4.78 is 8.25. The van der Waals surface area contributed by atoms with E-state index in [0.29, 0.717) is 0 Å². The molecule has 5 heteroatoms. The standard InChI is InChI=1S/Bi.K.Na.O.Ti.5H. The minimum atomic E-state index is 0. The second kappa shape index (κ2) is 24.4. The summed E-state index contributed by atoms with van der Waals surface area (Å²) in [5.74, 6) is 0. The molecule has 0 aromatic carbocycles. The molecule has 0 N–H and O–H groups in total. The number of rotatable bonds is 0. The molecule has 0 bridgehead atoms. The van der Waals surface area contributed by atoms with E-state index >= 15 is 0 Å². The topological polar surface area (TPSA) is 17.1 Å². The van der Waals surface area contributed by atoms with Crippen molar-refractivity contribution >= 4 is 107 Å². The molecule has 0 aromatic heterocycles. The Balaban J connectivity index is -0.00000000167. The fourth-order valence-corrected chi connectivity index (χ4v) is 0. The van der Waals surface area contributed by atoms with Crippen molar-refractivity contribution in [2.75, 3.05) is 0 Å². The Morgan fingerprint density at radius 2 is 1.20 bits per heavy atom. The third-order valence-corrected chi connectivity index (χ3v) is 0. The fourth-order valence-electron chi connectivity index (χ4n) is 0. The summed E-state index contributed by atoms with van der Waals surface area (Å²) in [5.41, 5.74) is 0. The molecule has 1 nitrogen and oxygen atoms in total. The second-order valence-corrected chi connectivity index (χ2v) is 0. The van der Waals surface area contributed by atoms with E-state index in [1.807, 2.05) is 0 Å². The van der Waals surface area contributed by atoms with Crippen LogP contribution in [-0.2, 0) is 23.7 Å². The van der Waals surface area contributed by atoms with Gasteiger partial charge in [-0.2, -0.15) is 0 Å². The molecule has 5 heavy (non-hydrogen) atoms. The summed E-state index contributed by atoms with van der Waals surface area (Å²) in [7, 11) is 0. The van der Waals surface area contributed by atoms with E-state index in [0.717, 1.165) is 20.4 Å². The van der Waals surface area contributed by atoms with Crippen molar-refractivity contribution in [1.82, 2.24) is 0 Å². The van der Waals surface area contributed by atoms with Gasteiger partial charge in [0.05, 0.1) is 0 Å². The van der Waals surface area contributed by atoms with Crippen molar-refractivity contribution in [3.8, 4) is 0 Å². The van der Waals surface area contributed by atoms with Crippen LogP contribution in [0, 0.1) is 0 Å². The molecular formula is H5BiKNaOTi. The molecule has 0 aliphatic heterocycles. The number of hydrogen-bond acceptors (Lipinski definition) is 1. The Hall–Kier alpha value is 4.03. The first-order valence-corrected chi connectivity index (χ1v) is 0.842. The summed E-state index contributed by atoms with van der Waals surface area (Å²) in [6.45, 7) is 0. The molecule has 0 saturated carbocycles. The SMILES string of the molecule is [BiH3].[KH].[NaH].[O]=[Ti]. The normalized spacial score (nSPS) is 0.600. The molecule has 0 saturated heterocycles. The molecule has 0 unspecified atom stereocenters. The van der Waals surface area contributed by atoms with E-state index in [1.54, 1.807) is 0 Å². The van der Waals surface area contributed by atoms with Gasteiger partial charge in [0.2, 0.25) is 0 Å². The van der Waals surface area contributed by atoms with Crippen LogP contribution in [0.5, 0.6) is 0 Å². The van der Waals surface area contributed by atoms with Gasteiger partial charge < -0.3 is 0 Å². The zero-order valence-corrected chi connectivity index (χ0v) is 8.67. The maximum absolute atomic E-state index is 8.25. The van der Waals surface area contributed by atoms with Crippen molar-refractivity contribution in [2.24, 2.45) is 0 Å². The van der Waals surface area contributed by atoms with Crippen molar-refractivity contribution in [3.63, 3.8) is 0 Å². The molecule has 0 amide bonds. The van der Waals surface area contributed by atoms with E-state index in [2.05, 4.69) is 0 Å². The van der Waals surface area contributed by atoms with Gasteiger partial charge in [-0.3, -0.25) is 0 Å². The van der Waals surface area contributed by atoms with E-state index in [-0.39, 0.29) is 107 Å². The zero-order chi connectivity index (χ0) is 2.00. The van der Waals surface area contributed by atoms with Crippen LogP contribution in [0.25, 0.3) is 0 Å². The summed E-state index contributed by atoms with van der Waals surface area (Å²) in [6.07, 6.45) is 0. The first kappa shape index (κ1) is 23.0. The Bertz CT molecular complexity index is 11.6. The molecule has 0 heterocycles. The monoisotopic (exact) mass is 340 g/mol. The van der Waals surface area contributed by atoms with Crippen molar-refractivity contribution in [3.05, 3.63) is 0 Å². The molecule has 0 fully saturated rings. The average Bonchev–Trinajstić information content (AvgIpc) is 1.00. The number of hydrogen-bond donors (Lipinski definition) is 0. The third-order valence-electron chi connectivity index (χ3n) is 0. The quantitative estimate of drug-likeness (QED) is 0.442. The Morgan fingerprint density at radius 1 is 1.20 bits per heavy atom. The first-order valence-electron chi connectivity index (χ1n) is 0.204. The minimum absolute atomic E-state index is 0. The van der Waals surface area contributed by atoms with Gasteiger partial charge in [0.15, 0.2) is 0 Å². The van der Waals surface area contributed by atoms with E-state index in [4.69, 9.17) is 3.32 Å². The van der Waals surface area contributed by atoms with E-state index in [1.165, 1.54) is 0 Å². The van der Waals surface area contributed by atoms with Gasteiger partial charge in [-0.25, -0.2) is 0 Å². The summed E-state index contributed by atoms with van der Waals surface area (Å²) >= 11 is 0.750. The first-order chi connectivity index (χ1) is 1.00. The Labute approximate surface area is 127 Å². The van der Waals surface area contributed by atoms with E-state index in [9.17, 15) is 0 Å².